The normalized spacial score (nSPS) is 15.4. The van der Waals surface area contributed by atoms with Gasteiger partial charge in [0.05, 0.1) is 13.2 Å². The van der Waals surface area contributed by atoms with Gasteiger partial charge in [-0.1, -0.05) is 17.7 Å². The van der Waals surface area contributed by atoms with E-state index in [0.29, 0.717) is 19.1 Å². The van der Waals surface area contributed by atoms with Crippen molar-refractivity contribution in [1.29, 1.82) is 0 Å². The first-order valence-corrected chi connectivity index (χ1v) is 7.49. The standard InChI is InChI=1S/C16H24N2O3/c1-12-3-7-15(8-4-12)21-13(2)11-17-16(20)18(9-10-19)14-5-6-14/h3-4,7-8,13-14,19H,5-6,9-11H2,1-2H3,(H,17,20). The van der Waals surface area contributed by atoms with Crippen LogP contribution < -0.4 is 10.1 Å². The molecule has 0 saturated heterocycles. The van der Waals surface area contributed by atoms with Gasteiger partial charge >= 0.3 is 6.03 Å². The van der Waals surface area contributed by atoms with Crippen molar-refractivity contribution in [3.05, 3.63) is 29.8 Å². The van der Waals surface area contributed by atoms with Crippen molar-refractivity contribution in [2.24, 2.45) is 0 Å². The Morgan fingerprint density at radius 3 is 2.67 bits per heavy atom. The zero-order chi connectivity index (χ0) is 15.2. The van der Waals surface area contributed by atoms with Gasteiger partial charge in [-0.15, -0.1) is 0 Å². The maximum absolute atomic E-state index is 12.1. The number of benzene rings is 1. The van der Waals surface area contributed by atoms with Gasteiger partial charge in [-0.05, 0) is 38.8 Å². The van der Waals surface area contributed by atoms with Gasteiger partial charge in [0.15, 0.2) is 0 Å². The van der Waals surface area contributed by atoms with Crippen LogP contribution in [0, 0.1) is 6.92 Å². The molecule has 0 spiro atoms. The van der Waals surface area contributed by atoms with Crippen molar-refractivity contribution in [3.8, 4) is 5.75 Å². The lowest BCUT2D eigenvalue weighted by molar-refractivity contribution is 0.165. The van der Waals surface area contributed by atoms with E-state index in [2.05, 4.69) is 5.32 Å². The maximum atomic E-state index is 12.1. The summed E-state index contributed by atoms with van der Waals surface area (Å²) < 4.78 is 5.75. The van der Waals surface area contributed by atoms with Gasteiger partial charge in [0, 0.05) is 12.6 Å². The molecule has 0 radical (unpaired) electrons. The van der Waals surface area contributed by atoms with Gasteiger partial charge in [0.25, 0.3) is 0 Å². The Morgan fingerprint density at radius 1 is 1.43 bits per heavy atom. The average Bonchev–Trinajstić information content (AvgIpc) is 3.29. The first-order valence-electron chi connectivity index (χ1n) is 7.49. The smallest absolute Gasteiger partial charge is 0.317 e. The van der Waals surface area contributed by atoms with Gasteiger partial charge in [-0.25, -0.2) is 4.79 Å². The first kappa shape index (κ1) is 15.6. The summed E-state index contributed by atoms with van der Waals surface area (Å²) in [5, 5.41) is 11.9. The fraction of sp³-hybridized carbons (Fsp3) is 0.562. The summed E-state index contributed by atoms with van der Waals surface area (Å²) in [4.78, 5) is 13.8. The highest BCUT2D eigenvalue weighted by molar-refractivity contribution is 5.74. The molecule has 116 valence electrons. The molecule has 0 aliphatic heterocycles. The Labute approximate surface area is 125 Å². The fourth-order valence-electron chi connectivity index (χ4n) is 2.17. The molecule has 0 heterocycles. The van der Waals surface area contributed by atoms with E-state index in [9.17, 15) is 4.79 Å². The summed E-state index contributed by atoms with van der Waals surface area (Å²) in [6, 6.07) is 8.02. The highest BCUT2D eigenvalue weighted by Crippen LogP contribution is 2.26. The Morgan fingerprint density at radius 2 is 2.10 bits per heavy atom. The summed E-state index contributed by atoms with van der Waals surface area (Å²) >= 11 is 0. The van der Waals surface area contributed by atoms with Crippen molar-refractivity contribution in [2.45, 2.75) is 38.8 Å². The Bertz CT molecular complexity index is 457. The van der Waals surface area contributed by atoms with Crippen molar-refractivity contribution >= 4 is 6.03 Å². The molecule has 2 rings (SSSR count). The average molecular weight is 292 g/mol. The predicted molar refractivity (Wildman–Crippen MR) is 81.5 cm³/mol. The third kappa shape index (κ3) is 4.93. The Hall–Kier alpha value is -1.75. The monoisotopic (exact) mass is 292 g/mol. The molecule has 5 nitrogen and oxygen atoms in total. The minimum absolute atomic E-state index is 0.000655. The molecule has 1 unspecified atom stereocenters. The summed E-state index contributed by atoms with van der Waals surface area (Å²) in [6.07, 6.45) is 1.96. The summed E-state index contributed by atoms with van der Waals surface area (Å²) in [7, 11) is 0. The van der Waals surface area contributed by atoms with Crippen molar-refractivity contribution in [3.63, 3.8) is 0 Å². The van der Waals surface area contributed by atoms with Crippen LogP contribution in [-0.2, 0) is 0 Å². The van der Waals surface area contributed by atoms with Crippen molar-refractivity contribution in [1.82, 2.24) is 10.2 Å². The topological polar surface area (TPSA) is 61.8 Å². The number of hydrogen-bond acceptors (Lipinski definition) is 3. The fourth-order valence-corrected chi connectivity index (χ4v) is 2.17. The van der Waals surface area contributed by atoms with Gasteiger partial charge in [-0.3, -0.25) is 0 Å². The van der Waals surface area contributed by atoms with E-state index < -0.39 is 0 Å². The molecule has 21 heavy (non-hydrogen) atoms. The van der Waals surface area contributed by atoms with E-state index in [1.54, 1.807) is 4.90 Å². The van der Waals surface area contributed by atoms with Gasteiger partial charge in [0.1, 0.15) is 11.9 Å². The third-order valence-corrected chi connectivity index (χ3v) is 3.49. The number of aryl methyl sites for hydroxylation is 1. The van der Waals surface area contributed by atoms with Crippen LogP contribution >= 0.6 is 0 Å². The highest BCUT2D eigenvalue weighted by atomic mass is 16.5. The van der Waals surface area contributed by atoms with Crippen LogP contribution in [0.15, 0.2) is 24.3 Å². The van der Waals surface area contributed by atoms with Crippen molar-refractivity contribution < 1.29 is 14.6 Å². The molecule has 2 N–H and O–H groups in total. The molecule has 1 aromatic carbocycles. The van der Waals surface area contributed by atoms with E-state index in [1.165, 1.54) is 5.56 Å². The number of amides is 2. The second kappa shape index (κ2) is 7.31. The maximum Gasteiger partial charge on any atom is 0.317 e. The summed E-state index contributed by atoms with van der Waals surface area (Å²) in [5.41, 5.74) is 1.19. The largest absolute Gasteiger partial charge is 0.489 e. The molecule has 1 fully saturated rings. The quantitative estimate of drug-likeness (QED) is 0.807. The molecule has 1 aliphatic rings. The highest BCUT2D eigenvalue weighted by Gasteiger charge is 2.32. The lowest BCUT2D eigenvalue weighted by atomic mass is 10.2. The number of carbonyl (C=O) groups is 1. The lowest BCUT2D eigenvalue weighted by Gasteiger charge is -2.23. The van der Waals surface area contributed by atoms with Crippen LogP contribution in [0.25, 0.3) is 0 Å². The van der Waals surface area contributed by atoms with E-state index in [0.717, 1.165) is 18.6 Å². The zero-order valence-corrected chi connectivity index (χ0v) is 12.7. The number of carbonyl (C=O) groups excluding carboxylic acids is 1. The van der Waals surface area contributed by atoms with Crippen LogP contribution in [0.3, 0.4) is 0 Å². The molecule has 0 aromatic heterocycles. The van der Waals surface area contributed by atoms with E-state index in [4.69, 9.17) is 9.84 Å². The summed E-state index contributed by atoms with van der Waals surface area (Å²) in [5.74, 6) is 0.803. The second-order valence-corrected chi connectivity index (χ2v) is 5.58. The molecule has 1 atom stereocenters. The molecule has 2 amide bonds. The number of nitrogens with zero attached hydrogens (tertiary/aromatic N) is 1. The van der Waals surface area contributed by atoms with E-state index in [-0.39, 0.29) is 18.7 Å². The lowest BCUT2D eigenvalue weighted by Crippen LogP contribution is -2.45. The minimum Gasteiger partial charge on any atom is -0.489 e. The number of hydrogen-bond donors (Lipinski definition) is 2. The van der Waals surface area contributed by atoms with Crippen molar-refractivity contribution in [2.75, 3.05) is 19.7 Å². The first-order chi connectivity index (χ1) is 10.1. The van der Waals surface area contributed by atoms with Crippen LogP contribution in [0.2, 0.25) is 0 Å². The number of urea groups is 1. The van der Waals surface area contributed by atoms with Gasteiger partial charge in [-0.2, -0.15) is 0 Å². The molecule has 1 saturated carbocycles. The molecular weight excluding hydrogens is 268 g/mol. The summed E-state index contributed by atoms with van der Waals surface area (Å²) in [6.45, 7) is 4.79. The molecule has 1 aliphatic carbocycles. The predicted octanol–water partition coefficient (Wildman–Crippen LogP) is 1.93. The number of aliphatic hydroxyl groups is 1. The van der Waals surface area contributed by atoms with Crippen LogP contribution in [0.5, 0.6) is 5.75 Å². The second-order valence-electron chi connectivity index (χ2n) is 5.58. The minimum atomic E-state index is -0.120. The molecular formula is C16H24N2O3. The number of aliphatic hydroxyl groups excluding tert-OH is 1. The SMILES string of the molecule is Cc1ccc(OC(C)CNC(=O)N(CCO)C2CC2)cc1. The molecule has 1 aromatic rings. The van der Waals surface area contributed by atoms with Crippen LogP contribution in [0.1, 0.15) is 25.3 Å². The molecule has 0 bridgehead atoms. The van der Waals surface area contributed by atoms with E-state index >= 15 is 0 Å². The molecule has 5 heteroatoms. The number of rotatable bonds is 7. The third-order valence-electron chi connectivity index (χ3n) is 3.49. The van der Waals surface area contributed by atoms with E-state index in [1.807, 2.05) is 38.1 Å². The van der Waals surface area contributed by atoms with Crippen LogP contribution in [0.4, 0.5) is 4.79 Å². The Balaban J connectivity index is 1.76. The van der Waals surface area contributed by atoms with Crippen LogP contribution in [-0.4, -0.2) is 47.9 Å². The number of ether oxygens (including phenoxy) is 1. The van der Waals surface area contributed by atoms with Gasteiger partial charge < -0.3 is 20.1 Å². The zero-order valence-electron chi connectivity index (χ0n) is 12.7. The number of nitrogens with one attached hydrogen (secondary N) is 1. The Kier molecular flexibility index (Phi) is 5.44. The van der Waals surface area contributed by atoms with Gasteiger partial charge in [0.2, 0.25) is 0 Å².